The molecule has 0 radical (unpaired) electrons. The minimum atomic E-state index is 0.282. The molecule has 1 heteroatoms. The number of phenolic OH excluding ortho intramolecular Hbond substituents is 1. The molecular formula is C69H62O. The largest absolute Gasteiger partial charge is 0.508 e. The predicted molar refractivity (Wildman–Crippen MR) is 299 cm³/mol. The number of phenols is 1. The van der Waals surface area contributed by atoms with E-state index < -0.39 is 0 Å². The summed E-state index contributed by atoms with van der Waals surface area (Å²) >= 11 is 0. The number of aryl methyl sites for hydroxylation is 3. The van der Waals surface area contributed by atoms with Crippen LogP contribution in [-0.4, -0.2) is 5.11 Å². The van der Waals surface area contributed by atoms with Crippen molar-refractivity contribution in [3.63, 3.8) is 0 Å². The Balaban J connectivity index is 1.10. The molecule has 0 aromatic heterocycles. The van der Waals surface area contributed by atoms with Crippen molar-refractivity contribution in [2.75, 3.05) is 0 Å². The fraction of sp³-hybridized carbons (Fsp3) is 0.217. The van der Waals surface area contributed by atoms with Crippen LogP contribution in [0.4, 0.5) is 0 Å². The van der Waals surface area contributed by atoms with E-state index in [1.807, 2.05) is 12.1 Å². The van der Waals surface area contributed by atoms with Gasteiger partial charge in [0.1, 0.15) is 5.75 Å². The monoisotopic (exact) mass is 906 g/mol. The summed E-state index contributed by atoms with van der Waals surface area (Å²) in [7, 11) is 0. The molecular weight excluding hydrogens is 845 g/mol. The van der Waals surface area contributed by atoms with Crippen molar-refractivity contribution >= 4 is 32.3 Å². The van der Waals surface area contributed by atoms with Crippen LogP contribution in [0.15, 0.2) is 182 Å². The predicted octanol–water partition coefficient (Wildman–Crippen LogP) is 19.9. The number of aromatic hydroxyl groups is 1. The molecule has 344 valence electrons. The topological polar surface area (TPSA) is 20.2 Å². The highest BCUT2D eigenvalue weighted by Gasteiger charge is 2.23. The highest BCUT2D eigenvalue weighted by molar-refractivity contribution is 6.21. The molecule has 0 bridgehead atoms. The van der Waals surface area contributed by atoms with Gasteiger partial charge in [-0.3, -0.25) is 0 Å². The van der Waals surface area contributed by atoms with Gasteiger partial charge in [0.2, 0.25) is 0 Å². The van der Waals surface area contributed by atoms with Gasteiger partial charge in [0.05, 0.1) is 0 Å². The third-order valence-electron chi connectivity index (χ3n) is 16.1. The van der Waals surface area contributed by atoms with Crippen molar-refractivity contribution < 1.29 is 5.11 Å². The number of rotatable bonds is 8. The quantitative estimate of drug-likeness (QED) is 0.151. The average molecular weight is 907 g/mol. The zero-order valence-corrected chi connectivity index (χ0v) is 41.0. The molecule has 1 nitrogen and oxygen atoms in total. The summed E-state index contributed by atoms with van der Waals surface area (Å²) in [5.41, 5.74) is 21.5. The van der Waals surface area contributed by atoms with Crippen LogP contribution in [0.3, 0.4) is 0 Å². The Morgan fingerprint density at radius 2 is 0.571 bits per heavy atom. The minimum absolute atomic E-state index is 0.282. The Labute approximate surface area is 414 Å². The molecule has 0 amide bonds. The number of hydrogen-bond donors (Lipinski definition) is 1. The first kappa shape index (κ1) is 44.0. The summed E-state index contributed by atoms with van der Waals surface area (Å²) in [6, 6.07) is 69.2. The molecule has 2 aliphatic carbocycles. The molecule has 0 spiro atoms. The van der Waals surface area contributed by atoms with Gasteiger partial charge in [0.25, 0.3) is 0 Å². The molecule has 70 heavy (non-hydrogen) atoms. The first-order valence-corrected chi connectivity index (χ1v) is 26.1. The van der Waals surface area contributed by atoms with Crippen LogP contribution in [0, 0.1) is 20.8 Å². The lowest BCUT2D eigenvalue weighted by atomic mass is 9.79. The Kier molecular flexibility index (Phi) is 11.7. The lowest BCUT2D eigenvalue weighted by molar-refractivity contribution is 0.444. The van der Waals surface area contributed by atoms with Crippen molar-refractivity contribution in [1.29, 1.82) is 0 Å². The van der Waals surface area contributed by atoms with Crippen molar-refractivity contribution in [3.8, 4) is 72.5 Å². The van der Waals surface area contributed by atoms with Crippen molar-refractivity contribution in [2.24, 2.45) is 0 Å². The molecule has 1 N–H and O–H groups in total. The van der Waals surface area contributed by atoms with Crippen molar-refractivity contribution in [3.05, 3.63) is 210 Å². The second kappa shape index (κ2) is 18.6. The lowest BCUT2D eigenvalue weighted by Gasteiger charge is -2.25. The van der Waals surface area contributed by atoms with E-state index in [4.69, 9.17) is 0 Å². The van der Waals surface area contributed by atoms with Gasteiger partial charge in [-0.05, 0) is 217 Å². The number of fused-ring (bicyclic) bond motifs is 5. The maximum atomic E-state index is 10.3. The zero-order valence-electron chi connectivity index (χ0n) is 41.0. The molecule has 0 heterocycles. The number of benzene rings is 10. The van der Waals surface area contributed by atoms with E-state index in [2.05, 4.69) is 178 Å². The van der Waals surface area contributed by atoms with Gasteiger partial charge in [0, 0.05) is 0 Å². The molecule has 0 aliphatic heterocycles. The summed E-state index contributed by atoms with van der Waals surface area (Å²) in [5.74, 6) is 1.38. The van der Waals surface area contributed by atoms with E-state index in [0.29, 0.717) is 11.8 Å². The van der Waals surface area contributed by atoms with Crippen molar-refractivity contribution in [2.45, 2.75) is 96.8 Å². The first-order valence-electron chi connectivity index (χ1n) is 26.1. The Morgan fingerprint density at radius 1 is 0.271 bits per heavy atom. The molecule has 0 unspecified atom stereocenters. The fourth-order valence-corrected chi connectivity index (χ4v) is 12.1. The molecule has 12 rings (SSSR count). The first-order chi connectivity index (χ1) is 34.3. The van der Waals surface area contributed by atoms with Gasteiger partial charge >= 0.3 is 0 Å². The molecule has 2 fully saturated rings. The molecule has 2 saturated carbocycles. The van der Waals surface area contributed by atoms with Gasteiger partial charge in [-0.25, -0.2) is 0 Å². The van der Waals surface area contributed by atoms with E-state index in [0.717, 1.165) is 11.1 Å². The maximum absolute atomic E-state index is 10.3. The molecule has 10 aromatic rings. The zero-order chi connectivity index (χ0) is 47.3. The van der Waals surface area contributed by atoms with Crippen LogP contribution in [0.5, 0.6) is 5.75 Å². The van der Waals surface area contributed by atoms with Crippen LogP contribution in [0.1, 0.15) is 104 Å². The molecule has 2 aliphatic rings. The van der Waals surface area contributed by atoms with Crippen LogP contribution in [-0.2, 0) is 0 Å². The van der Waals surface area contributed by atoms with Crippen LogP contribution >= 0.6 is 0 Å². The standard InChI is InChI=1S/C69H62O/c1-44-14-20-49(21-15-44)53-34-54(50-22-16-45(2)17-23-50)37-59(36-53)66-40-57(47-10-6-4-7-11-47)42-68-62-31-33-65-67(41-58(48-12-8-5-9-13-48)43-69(65)63(62)30-32-64(66)68)60-38-55(51-24-18-46(3)19-25-51)35-56(39-60)52-26-28-61(70)29-27-52/h14-43,47-48,70H,4-13H2,1-3H3. The summed E-state index contributed by atoms with van der Waals surface area (Å²) < 4.78 is 0. The van der Waals surface area contributed by atoms with Gasteiger partial charge < -0.3 is 5.11 Å². The highest BCUT2D eigenvalue weighted by Crippen LogP contribution is 2.46. The second-order valence-electron chi connectivity index (χ2n) is 21.0. The van der Waals surface area contributed by atoms with Crippen LogP contribution in [0.2, 0.25) is 0 Å². The third-order valence-corrected chi connectivity index (χ3v) is 16.1. The minimum Gasteiger partial charge on any atom is -0.508 e. The van der Waals surface area contributed by atoms with E-state index in [1.54, 1.807) is 12.1 Å². The smallest absolute Gasteiger partial charge is 0.115 e. The SMILES string of the molecule is Cc1ccc(-c2cc(-c3ccc(C)cc3)cc(-c3cc(C4CCCCC4)cc4c3ccc3c5cc(C6CCCCC6)cc(-c6cc(-c7ccc(C)cc7)cc(-c7ccc(O)cc7)c6)c5ccc43)c2)cc1. The van der Waals surface area contributed by atoms with Crippen LogP contribution < -0.4 is 0 Å². The maximum Gasteiger partial charge on any atom is 0.115 e. The summed E-state index contributed by atoms with van der Waals surface area (Å²) in [5, 5.41) is 18.3. The van der Waals surface area contributed by atoms with Crippen molar-refractivity contribution in [1.82, 2.24) is 0 Å². The number of hydrogen-bond acceptors (Lipinski definition) is 1. The Hall–Kier alpha value is -7.22. The molecule has 10 aromatic carbocycles. The Bertz CT molecular complexity index is 3180. The van der Waals surface area contributed by atoms with E-state index in [-0.39, 0.29) is 5.75 Å². The lowest BCUT2D eigenvalue weighted by Crippen LogP contribution is -2.05. The Morgan fingerprint density at radius 3 is 0.914 bits per heavy atom. The molecule has 0 saturated heterocycles. The second-order valence-corrected chi connectivity index (χ2v) is 21.0. The van der Waals surface area contributed by atoms with E-state index in [9.17, 15) is 5.11 Å². The van der Waals surface area contributed by atoms with Gasteiger partial charge in [-0.2, -0.15) is 0 Å². The highest BCUT2D eigenvalue weighted by atomic mass is 16.3. The third kappa shape index (κ3) is 8.62. The van der Waals surface area contributed by atoms with E-state index in [1.165, 1.54) is 180 Å². The van der Waals surface area contributed by atoms with Gasteiger partial charge in [0.15, 0.2) is 0 Å². The van der Waals surface area contributed by atoms with Gasteiger partial charge in [-0.15, -0.1) is 0 Å². The molecule has 0 atom stereocenters. The summed E-state index contributed by atoms with van der Waals surface area (Å²) in [6.45, 7) is 6.50. The summed E-state index contributed by atoms with van der Waals surface area (Å²) in [6.07, 6.45) is 12.8. The van der Waals surface area contributed by atoms with Crippen LogP contribution in [0.25, 0.3) is 99.1 Å². The summed E-state index contributed by atoms with van der Waals surface area (Å²) in [4.78, 5) is 0. The fourth-order valence-electron chi connectivity index (χ4n) is 12.1. The van der Waals surface area contributed by atoms with Gasteiger partial charge in [-0.1, -0.05) is 189 Å². The normalized spacial score (nSPS) is 14.7. The average Bonchev–Trinajstić information content (AvgIpc) is 3.41. The van der Waals surface area contributed by atoms with E-state index >= 15 is 0 Å².